The second-order valence-corrected chi connectivity index (χ2v) is 9.67. The van der Waals surface area contributed by atoms with Crippen molar-refractivity contribution < 1.29 is 9.59 Å². The first-order valence-corrected chi connectivity index (χ1v) is 12.9. The Labute approximate surface area is 224 Å². The third-order valence-electron chi connectivity index (χ3n) is 6.35. The van der Waals surface area contributed by atoms with Crippen LogP contribution in [0.1, 0.15) is 41.3 Å². The van der Waals surface area contributed by atoms with Crippen LogP contribution in [0.25, 0.3) is 6.08 Å². The molecule has 0 radical (unpaired) electrons. The number of carbonyl (C=O) groups excluding carboxylic acids is 2. The number of para-hydroxylation sites is 2. The number of hydrogen-bond donors (Lipinski definition) is 2. The minimum absolute atomic E-state index is 0.0551. The van der Waals surface area contributed by atoms with E-state index in [9.17, 15) is 9.59 Å². The SMILES string of the molecule is CC(C)c1ccc(/C=C/C(=O)NC(=S)Nc2ccccc2N2CCN(C(=O)c3ccccc3)CC2)cc1. The highest BCUT2D eigenvalue weighted by atomic mass is 32.1. The van der Waals surface area contributed by atoms with Crippen molar-refractivity contribution in [1.29, 1.82) is 0 Å². The van der Waals surface area contributed by atoms with Gasteiger partial charge in [-0.3, -0.25) is 14.9 Å². The Bertz CT molecular complexity index is 1260. The maximum absolute atomic E-state index is 12.8. The van der Waals surface area contributed by atoms with Gasteiger partial charge >= 0.3 is 0 Å². The van der Waals surface area contributed by atoms with Gasteiger partial charge in [0.05, 0.1) is 11.4 Å². The average Bonchev–Trinajstić information content (AvgIpc) is 2.92. The van der Waals surface area contributed by atoms with Crippen molar-refractivity contribution in [2.45, 2.75) is 19.8 Å². The molecule has 1 heterocycles. The van der Waals surface area contributed by atoms with E-state index >= 15 is 0 Å². The van der Waals surface area contributed by atoms with E-state index in [2.05, 4.69) is 41.5 Å². The molecule has 2 amide bonds. The van der Waals surface area contributed by atoms with Crippen LogP contribution in [0.5, 0.6) is 0 Å². The Morgan fingerprint density at radius 3 is 2.19 bits per heavy atom. The Kier molecular flexibility index (Phi) is 8.69. The summed E-state index contributed by atoms with van der Waals surface area (Å²) in [6, 6.07) is 25.4. The predicted molar refractivity (Wildman–Crippen MR) is 155 cm³/mol. The van der Waals surface area contributed by atoms with E-state index in [1.54, 1.807) is 6.08 Å². The first-order valence-electron chi connectivity index (χ1n) is 12.5. The van der Waals surface area contributed by atoms with Gasteiger partial charge in [-0.05, 0) is 59.6 Å². The summed E-state index contributed by atoms with van der Waals surface area (Å²) < 4.78 is 0. The summed E-state index contributed by atoms with van der Waals surface area (Å²) in [6.45, 7) is 6.97. The fourth-order valence-corrected chi connectivity index (χ4v) is 4.45. The minimum atomic E-state index is -0.295. The van der Waals surface area contributed by atoms with Gasteiger partial charge in [0.2, 0.25) is 5.91 Å². The van der Waals surface area contributed by atoms with Crippen LogP contribution in [0.15, 0.2) is 84.9 Å². The Balaban J connectivity index is 1.32. The van der Waals surface area contributed by atoms with E-state index < -0.39 is 0 Å². The van der Waals surface area contributed by atoms with Crippen molar-refractivity contribution in [3.8, 4) is 0 Å². The number of nitrogens with one attached hydrogen (secondary N) is 2. The smallest absolute Gasteiger partial charge is 0.253 e. The minimum Gasteiger partial charge on any atom is -0.366 e. The van der Waals surface area contributed by atoms with E-state index in [4.69, 9.17) is 12.2 Å². The predicted octanol–water partition coefficient (Wildman–Crippen LogP) is 5.30. The Hall–Kier alpha value is -3.97. The maximum Gasteiger partial charge on any atom is 0.253 e. The van der Waals surface area contributed by atoms with Crippen LogP contribution in [-0.4, -0.2) is 48.0 Å². The molecule has 4 rings (SSSR count). The van der Waals surface area contributed by atoms with Crippen molar-refractivity contribution >= 4 is 46.6 Å². The monoisotopic (exact) mass is 512 g/mol. The molecule has 1 saturated heterocycles. The standard InChI is InChI=1S/C30H32N4O2S/c1-22(2)24-15-12-23(13-16-24)14-17-28(35)32-30(37)31-26-10-6-7-11-27(26)33-18-20-34(21-19-33)29(36)25-8-4-3-5-9-25/h3-17,22H,18-21H2,1-2H3,(H2,31,32,35,37)/b17-14+. The second kappa shape index (κ2) is 12.3. The van der Waals surface area contributed by atoms with Crippen LogP contribution in [0.3, 0.4) is 0 Å². The van der Waals surface area contributed by atoms with Crippen LogP contribution in [0.2, 0.25) is 0 Å². The summed E-state index contributed by atoms with van der Waals surface area (Å²) in [6.07, 6.45) is 3.25. The maximum atomic E-state index is 12.8. The number of amides is 2. The van der Waals surface area contributed by atoms with E-state index in [1.165, 1.54) is 11.6 Å². The van der Waals surface area contributed by atoms with Crippen LogP contribution >= 0.6 is 12.2 Å². The summed E-state index contributed by atoms with van der Waals surface area (Å²) in [5.41, 5.74) is 4.71. The molecular formula is C30H32N4O2S. The Morgan fingerprint density at radius 1 is 0.865 bits per heavy atom. The zero-order valence-corrected chi connectivity index (χ0v) is 22.0. The van der Waals surface area contributed by atoms with Crippen molar-refractivity contribution in [3.05, 3.63) is 102 Å². The third kappa shape index (κ3) is 7.05. The fourth-order valence-electron chi connectivity index (χ4n) is 4.24. The molecule has 0 saturated carbocycles. The van der Waals surface area contributed by atoms with Gasteiger partial charge < -0.3 is 15.1 Å². The van der Waals surface area contributed by atoms with Gasteiger partial charge in [-0.15, -0.1) is 0 Å². The number of hydrogen-bond acceptors (Lipinski definition) is 4. The third-order valence-corrected chi connectivity index (χ3v) is 6.55. The topological polar surface area (TPSA) is 64.7 Å². The molecule has 3 aromatic rings. The van der Waals surface area contributed by atoms with Gasteiger partial charge in [0.15, 0.2) is 5.11 Å². The van der Waals surface area contributed by atoms with Crippen LogP contribution in [-0.2, 0) is 4.79 Å². The van der Waals surface area contributed by atoms with Gasteiger partial charge in [0.1, 0.15) is 0 Å². The second-order valence-electron chi connectivity index (χ2n) is 9.26. The van der Waals surface area contributed by atoms with E-state index in [1.807, 2.05) is 71.6 Å². The zero-order chi connectivity index (χ0) is 26.2. The number of nitrogens with zero attached hydrogens (tertiary/aromatic N) is 2. The molecule has 37 heavy (non-hydrogen) atoms. The molecule has 0 spiro atoms. The molecule has 1 fully saturated rings. The highest BCUT2D eigenvalue weighted by Gasteiger charge is 2.23. The van der Waals surface area contributed by atoms with Gasteiger partial charge in [0, 0.05) is 37.8 Å². The molecule has 7 heteroatoms. The van der Waals surface area contributed by atoms with Crippen LogP contribution in [0, 0.1) is 0 Å². The first kappa shape index (κ1) is 26.1. The van der Waals surface area contributed by atoms with Crippen LogP contribution < -0.4 is 15.5 Å². The number of piperazine rings is 1. The molecule has 190 valence electrons. The zero-order valence-electron chi connectivity index (χ0n) is 21.2. The van der Waals surface area contributed by atoms with Crippen molar-refractivity contribution in [2.24, 2.45) is 0 Å². The molecule has 2 N–H and O–H groups in total. The lowest BCUT2D eigenvalue weighted by molar-refractivity contribution is -0.115. The van der Waals surface area contributed by atoms with Gasteiger partial charge in [0.25, 0.3) is 5.91 Å². The molecule has 3 aromatic carbocycles. The summed E-state index contributed by atoms with van der Waals surface area (Å²) in [5.74, 6) is 0.226. The lowest BCUT2D eigenvalue weighted by atomic mass is 10.0. The number of benzene rings is 3. The van der Waals surface area contributed by atoms with Crippen molar-refractivity contribution in [2.75, 3.05) is 36.4 Å². The number of rotatable bonds is 6. The summed E-state index contributed by atoms with van der Waals surface area (Å²) in [4.78, 5) is 29.3. The lowest BCUT2D eigenvalue weighted by Crippen LogP contribution is -2.49. The number of carbonyl (C=O) groups is 2. The molecule has 0 aliphatic carbocycles. The van der Waals surface area contributed by atoms with Gasteiger partial charge in [-0.1, -0.05) is 68.4 Å². The highest BCUT2D eigenvalue weighted by Crippen LogP contribution is 2.27. The molecular weight excluding hydrogens is 480 g/mol. The molecule has 0 aromatic heterocycles. The van der Waals surface area contributed by atoms with E-state index in [0.29, 0.717) is 37.7 Å². The quantitative estimate of drug-likeness (QED) is 0.347. The van der Waals surface area contributed by atoms with E-state index in [0.717, 1.165) is 16.9 Å². The summed E-state index contributed by atoms with van der Waals surface area (Å²) >= 11 is 5.41. The highest BCUT2D eigenvalue weighted by molar-refractivity contribution is 7.80. The number of anilines is 2. The molecule has 0 unspecified atom stereocenters. The molecule has 6 nitrogen and oxygen atoms in total. The van der Waals surface area contributed by atoms with Gasteiger partial charge in [-0.2, -0.15) is 0 Å². The Morgan fingerprint density at radius 2 is 1.51 bits per heavy atom. The summed E-state index contributed by atoms with van der Waals surface area (Å²) in [7, 11) is 0. The van der Waals surface area contributed by atoms with Crippen molar-refractivity contribution in [1.82, 2.24) is 10.2 Å². The first-order chi connectivity index (χ1) is 17.9. The van der Waals surface area contributed by atoms with Gasteiger partial charge in [-0.25, -0.2) is 0 Å². The molecule has 1 aliphatic rings. The van der Waals surface area contributed by atoms with Crippen LogP contribution in [0.4, 0.5) is 11.4 Å². The largest absolute Gasteiger partial charge is 0.366 e. The van der Waals surface area contributed by atoms with E-state index in [-0.39, 0.29) is 16.9 Å². The summed E-state index contributed by atoms with van der Waals surface area (Å²) in [5, 5.41) is 6.11. The normalized spacial score (nSPS) is 13.6. The van der Waals surface area contributed by atoms with Crippen molar-refractivity contribution in [3.63, 3.8) is 0 Å². The molecule has 0 bridgehead atoms. The lowest BCUT2D eigenvalue weighted by Gasteiger charge is -2.37. The molecule has 1 aliphatic heterocycles. The molecule has 0 atom stereocenters. The average molecular weight is 513 g/mol. The fraction of sp³-hybridized carbons (Fsp3) is 0.233. The number of thiocarbonyl (C=S) groups is 1.